The number of thiophene rings is 1. The molecule has 716 valence electrons. The quantitative estimate of drug-likeness (QED) is 0.0546. The number of urea groups is 1. The number of carbonyl (C=O) groups excluding carboxylic acids is 14. The van der Waals surface area contributed by atoms with Gasteiger partial charge in [-0.25, -0.2) is 18.0 Å². The van der Waals surface area contributed by atoms with E-state index < -0.39 is 140 Å². The van der Waals surface area contributed by atoms with Gasteiger partial charge in [-0.05, 0) is 166 Å². The van der Waals surface area contributed by atoms with Gasteiger partial charge in [-0.1, -0.05) is 203 Å². The molecule has 6 aliphatic heterocycles. The Morgan fingerprint density at radius 2 is 0.812 bits per heavy atom. The van der Waals surface area contributed by atoms with Gasteiger partial charge in [-0.2, -0.15) is 4.31 Å². The second kappa shape index (κ2) is 43.9. The fourth-order valence-electron chi connectivity index (χ4n) is 20.2. The van der Waals surface area contributed by atoms with Crippen LogP contribution in [-0.2, 0) is 77.1 Å². The molecule has 0 bridgehead atoms. The number of sulfonamides is 1. The Bertz CT molecular complexity index is 4250. The van der Waals surface area contributed by atoms with Crippen molar-refractivity contribution in [1.29, 1.82) is 0 Å². The Balaban J connectivity index is 0.000000202. The van der Waals surface area contributed by atoms with Crippen molar-refractivity contribution in [2.75, 3.05) is 33.2 Å². The van der Waals surface area contributed by atoms with Crippen molar-refractivity contribution in [3.63, 3.8) is 0 Å². The number of nitrogens with one attached hydrogen (secondary N) is 9. The van der Waals surface area contributed by atoms with Gasteiger partial charge >= 0.3 is 12.1 Å². The number of hydrogen-bond donors (Lipinski definition) is 11. The van der Waals surface area contributed by atoms with Crippen LogP contribution in [-0.4, -0.2) is 239 Å². The molecular formula is C93H148N14O19S2. The molecule has 1 aromatic rings. The van der Waals surface area contributed by atoms with E-state index in [0.29, 0.717) is 71.0 Å². The number of fused-ring (bicyclic) bond motifs is 9. The molecule has 0 aromatic carbocycles. The summed E-state index contributed by atoms with van der Waals surface area (Å²) in [7, 11) is -2.27. The number of nitrogens with zero attached hydrogens (tertiary/aromatic N) is 4. The average Bonchev–Trinajstić information content (AvgIpc) is 1.53. The molecule has 12 amide bonds. The van der Waals surface area contributed by atoms with E-state index in [0.717, 1.165) is 172 Å². The van der Waals surface area contributed by atoms with Crippen molar-refractivity contribution >= 4 is 110 Å². The number of ketones is 3. The number of carboxylic acid groups (broad SMARTS) is 1. The van der Waals surface area contributed by atoms with Gasteiger partial charge in [0.2, 0.25) is 52.8 Å². The van der Waals surface area contributed by atoms with E-state index in [1.807, 2.05) is 20.8 Å². The summed E-state index contributed by atoms with van der Waals surface area (Å²) in [5, 5.41) is 34.2. The highest BCUT2D eigenvalue weighted by Crippen LogP contribution is 2.67. The monoisotopic (exact) mass is 1830 g/mol. The number of rotatable bonds is 16. The average molecular weight is 1830 g/mol. The molecule has 16 atom stereocenters. The van der Waals surface area contributed by atoms with Crippen LogP contribution < -0.4 is 53.6 Å². The van der Waals surface area contributed by atoms with Crippen molar-refractivity contribution in [3.05, 3.63) is 17.5 Å². The normalized spacial score (nSPS) is 30.3. The predicted octanol–water partition coefficient (Wildman–Crippen LogP) is 8.37. The number of alkyl carbamates (subject to hydrolysis) is 1. The zero-order valence-electron chi connectivity index (χ0n) is 77.9. The summed E-state index contributed by atoms with van der Waals surface area (Å²) in [4.78, 5) is 200. The van der Waals surface area contributed by atoms with Crippen LogP contribution in [0.25, 0.3) is 0 Å². The zero-order valence-corrected chi connectivity index (χ0v) is 79.6. The van der Waals surface area contributed by atoms with Crippen molar-refractivity contribution in [2.24, 2.45) is 62.9 Å². The van der Waals surface area contributed by atoms with Gasteiger partial charge in [0, 0.05) is 57.4 Å². The number of piperidine rings is 3. The first-order valence-corrected chi connectivity index (χ1v) is 49.9. The fourth-order valence-corrected chi connectivity index (χ4v) is 22.6. The van der Waals surface area contributed by atoms with Crippen LogP contribution in [0.2, 0.25) is 0 Å². The van der Waals surface area contributed by atoms with Crippen molar-refractivity contribution in [3.8, 4) is 0 Å². The molecular weight excluding hydrogens is 1680 g/mol. The summed E-state index contributed by atoms with van der Waals surface area (Å²) in [5.74, 6) is -5.35. The van der Waals surface area contributed by atoms with E-state index >= 15 is 0 Å². The Labute approximate surface area is 760 Å². The molecule has 13 rings (SSSR count). The molecule has 12 fully saturated rings. The van der Waals surface area contributed by atoms with Crippen LogP contribution in [0.4, 0.5) is 9.59 Å². The highest BCUT2D eigenvalue weighted by molar-refractivity contribution is 7.91. The topological polar surface area (TPSA) is 467 Å². The first kappa shape index (κ1) is 102. The van der Waals surface area contributed by atoms with E-state index in [1.165, 1.54) is 11.4 Å². The van der Waals surface area contributed by atoms with E-state index in [1.54, 1.807) is 53.0 Å². The summed E-state index contributed by atoms with van der Waals surface area (Å²) in [6, 6.07) is -5.13. The summed E-state index contributed by atoms with van der Waals surface area (Å²) in [6.07, 6.45) is 26.6. The minimum Gasteiger partial charge on any atom is -0.483 e. The van der Waals surface area contributed by atoms with Gasteiger partial charge in [0.25, 0.3) is 34.2 Å². The van der Waals surface area contributed by atoms with E-state index in [9.17, 15) is 75.5 Å². The number of likely N-dealkylation sites (N-methyl/N-ethyl adjacent to an activating group) is 1. The maximum absolute atomic E-state index is 14.4. The molecule has 1 aromatic heterocycles. The number of hydrogen-bond acceptors (Lipinski definition) is 20. The lowest BCUT2D eigenvalue weighted by Crippen LogP contribution is -2.60. The molecule has 0 spiro atoms. The smallest absolute Gasteiger partial charge is 0.408 e. The molecule has 35 heteroatoms. The maximum atomic E-state index is 14.4. The Hall–Kier alpha value is -8.18. The minimum absolute atomic E-state index is 0.00907. The van der Waals surface area contributed by atoms with Gasteiger partial charge in [0.1, 0.15) is 40.0 Å². The SMILES string of the molecule is CC(C)(C)OC(=O)N[C@H]1CCCCCCCCC[C@@H](C(=O)C(=O)NC2CC2)NC(=O)[C@@H]2[C@@H]3[C@H](CN2C1=O)C3(C)C.CC1(C)[C@@H]2[C@H]3C(=O)N[C@H](C(=O)C(=O)NC4CC4)CCCCCCCCC[C@H](N)C(=O)N3C[C@@H]21.CN(C[C@@H](NC(=O)N[C@H]1CCCCCCCCC[C@@H](C(=O)C(=O)NC2CC2)NC(=O)[C@@H]2[C@@H]3[C@H](CN2C1=O)C3(C)C)C(C)(C)C)S(=O)(=O)c1cccs1.O=CO. The molecule has 0 unspecified atom stereocenters. The van der Waals surface area contributed by atoms with Gasteiger partial charge < -0.3 is 78.1 Å². The van der Waals surface area contributed by atoms with Gasteiger partial charge in [-0.3, -0.25) is 62.3 Å². The third-order valence-electron chi connectivity index (χ3n) is 28.9. The van der Waals surface area contributed by atoms with E-state index in [-0.39, 0.29) is 111 Å². The van der Waals surface area contributed by atoms with E-state index in [4.69, 9.17) is 20.4 Å². The molecule has 6 saturated heterocycles. The standard InChI is InChI=1S/C37H58N6O7S2.C30H48N4O6.C25H40N4O4.CH2O2/c1-36(2,3)27(22-42(6)52(49,50)28-17-14-20-51-28)41-35(48)40-26-16-13-11-9-7-8-10-12-15-25(31(44)33(46)38-23-18-19-23)39-32(45)30-29-24(37(29,4)5)21-43(30)34(26)47;1-29(2,3)40-28(39)33-21-14-12-10-8-6-7-9-11-13-20(24(35)26(37)31-18-15-16-18)32-25(36)23-22-19(30(22,4)5)17-34(23)27(21)38;1-25(2)16-14-29-20(19(16)25)22(31)28-18(21(30)23(32)27-15-12-13-15)11-9-7-5-3-4-6-8-10-17(26)24(29)33;2-1-3/h14,17,20,23-27,29-30H,7-13,15-16,18-19,21-22H2,1-6H3,(H,38,46)(H,39,45)(H2,40,41,48);18-23H,6-17H2,1-5H3,(H,31,37)(H,32,36)(H,33,39);15-20H,3-14,26H2,1-2H3,(H,27,32)(H,28,31);1H,(H,2,3)/t24-,25-,26-,27+,29-,30-;19-,20-,21-,22-,23-;16-,17-,18-,19-,20-;/m000./s1. The first-order valence-electron chi connectivity index (χ1n) is 47.6. The first-order chi connectivity index (χ1) is 60.3. The second-order valence-electron chi connectivity index (χ2n) is 42.1. The number of amides is 12. The molecule has 12 aliphatic rings. The second-order valence-corrected chi connectivity index (χ2v) is 45.3. The van der Waals surface area contributed by atoms with Gasteiger partial charge in [0.05, 0.1) is 24.2 Å². The van der Waals surface area contributed by atoms with Crippen molar-refractivity contribution in [1.82, 2.24) is 66.9 Å². The van der Waals surface area contributed by atoms with Crippen LogP contribution in [0.3, 0.4) is 0 Å². The number of ether oxygens (including phenoxy) is 1. The van der Waals surface area contributed by atoms with Crippen molar-refractivity contribution < 1.29 is 90.2 Å². The molecule has 128 heavy (non-hydrogen) atoms. The third-order valence-corrected chi connectivity index (χ3v) is 32.1. The number of nitrogens with two attached hydrogens (primary N) is 1. The zero-order chi connectivity index (χ0) is 93.7. The number of Topliss-reactive ketones (excluding diaryl/α,β-unsaturated/α-hetero) is 3. The largest absolute Gasteiger partial charge is 0.483 e. The van der Waals surface area contributed by atoms with Crippen LogP contribution in [0, 0.1) is 57.2 Å². The Morgan fingerprint density at radius 1 is 0.500 bits per heavy atom. The lowest BCUT2D eigenvalue weighted by molar-refractivity contribution is -0.144. The van der Waals surface area contributed by atoms with Gasteiger partial charge in [0.15, 0.2) is 0 Å². The highest BCUT2D eigenvalue weighted by atomic mass is 32.2. The van der Waals surface area contributed by atoms with Crippen LogP contribution >= 0.6 is 11.3 Å². The summed E-state index contributed by atoms with van der Waals surface area (Å²) < 4.78 is 33.3. The molecule has 0 radical (unpaired) electrons. The number of carbonyl (C=O) groups is 15. The van der Waals surface area contributed by atoms with Gasteiger partial charge in [-0.15, -0.1) is 11.3 Å². The highest BCUT2D eigenvalue weighted by Gasteiger charge is 2.72. The maximum Gasteiger partial charge on any atom is 0.408 e. The molecule has 12 N–H and O–H groups in total. The summed E-state index contributed by atoms with van der Waals surface area (Å²) in [6.45, 7) is 24.7. The lowest BCUT2D eigenvalue weighted by atomic mass is 9.86. The van der Waals surface area contributed by atoms with Crippen molar-refractivity contribution in [2.45, 2.75) is 383 Å². The Morgan fingerprint density at radius 3 is 1.12 bits per heavy atom. The molecule has 33 nitrogen and oxygen atoms in total. The molecule has 6 saturated carbocycles. The molecule has 7 heterocycles. The van der Waals surface area contributed by atoms with Crippen LogP contribution in [0.1, 0.15) is 295 Å². The third kappa shape index (κ3) is 26.8. The fraction of sp³-hybridized carbons (Fsp3) is 0.796. The Kier molecular flexibility index (Phi) is 35.0. The minimum atomic E-state index is -3.76. The van der Waals surface area contributed by atoms with Crippen LogP contribution in [0.15, 0.2) is 21.7 Å². The summed E-state index contributed by atoms with van der Waals surface area (Å²) >= 11 is 1.13. The van der Waals surface area contributed by atoms with Crippen LogP contribution in [0.5, 0.6) is 0 Å². The summed E-state index contributed by atoms with van der Waals surface area (Å²) in [5.41, 5.74) is 4.69. The lowest BCUT2D eigenvalue weighted by Gasteiger charge is -2.36. The molecule has 6 aliphatic carbocycles. The predicted molar refractivity (Wildman–Crippen MR) is 480 cm³/mol. The van der Waals surface area contributed by atoms with E-state index in [2.05, 4.69) is 89.4 Å².